The molecule has 2 heterocycles. The monoisotopic (exact) mass is 717 g/mol. The zero-order valence-electron chi connectivity index (χ0n) is 31.4. The predicted octanol–water partition coefficient (Wildman–Crippen LogP) is 14.4. The van der Waals surface area contributed by atoms with Crippen molar-refractivity contribution in [1.82, 2.24) is 9.13 Å². The minimum absolute atomic E-state index is 0.874. The molecule has 56 heavy (non-hydrogen) atoms. The summed E-state index contributed by atoms with van der Waals surface area (Å²) in [6.07, 6.45) is 2.13. The van der Waals surface area contributed by atoms with Gasteiger partial charge in [-0.1, -0.05) is 146 Å². The van der Waals surface area contributed by atoms with E-state index in [1.165, 1.54) is 66.1 Å². The summed E-state index contributed by atoms with van der Waals surface area (Å²) < 4.78 is 4.65. The average Bonchev–Trinajstić information content (AvgIpc) is 3.78. The topological polar surface area (TPSA) is 22.2 Å². The van der Waals surface area contributed by atoms with Gasteiger partial charge >= 0.3 is 0 Å². The van der Waals surface area contributed by atoms with Crippen LogP contribution in [-0.4, -0.2) is 15.0 Å². The molecule has 0 radical (unpaired) electrons. The molecule has 0 fully saturated rings. The first-order valence-electron chi connectivity index (χ1n) is 19.2. The van der Waals surface area contributed by atoms with E-state index >= 15 is 0 Å². The van der Waals surface area contributed by atoms with Crippen LogP contribution in [-0.2, 0) is 0 Å². The molecule has 3 heteroatoms. The van der Waals surface area contributed by atoms with E-state index in [4.69, 9.17) is 4.99 Å². The molecule has 0 aliphatic carbocycles. The Balaban J connectivity index is 1.17. The highest BCUT2D eigenvalue weighted by Gasteiger charge is 2.19. The summed E-state index contributed by atoms with van der Waals surface area (Å²) in [5.41, 5.74) is 14.1. The fourth-order valence-electron chi connectivity index (χ4n) is 8.34. The maximum atomic E-state index is 5.51. The fraction of sp³-hybridized carbons (Fsp3) is 0.0377. The van der Waals surface area contributed by atoms with Crippen LogP contribution >= 0.6 is 0 Å². The Morgan fingerprint density at radius 2 is 0.643 bits per heavy atom. The van der Waals surface area contributed by atoms with Gasteiger partial charge in [0.05, 0.1) is 22.1 Å². The first kappa shape index (κ1) is 33.3. The number of hydrogen-bond acceptors (Lipinski definition) is 1. The third kappa shape index (κ3) is 5.73. The van der Waals surface area contributed by atoms with Gasteiger partial charge in [-0.05, 0) is 113 Å². The molecule has 10 aromatic rings. The quantitative estimate of drug-likeness (QED) is 0.121. The van der Waals surface area contributed by atoms with E-state index in [2.05, 4.69) is 223 Å². The molecule has 2 aromatic heterocycles. The molecule has 0 aliphatic heterocycles. The molecular weight excluding hydrogens is 679 g/mol. The van der Waals surface area contributed by atoms with Crippen molar-refractivity contribution in [3.63, 3.8) is 0 Å². The Morgan fingerprint density at radius 1 is 0.357 bits per heavy atom. The second kappa shape index (κ2) is 13.9. The Morgan fingerprint density at radius 3 is 0.929 bits per heavy atom. The molecular formula is C53H39N3. The second-order valence-corrected chi connectivity index (χ2v) is 14.4. The lowest BCUT2D eigenvalue weighted by molar-refractivity contribution is 1.14. The van der Waals surface area contributed by atoms with Crippen molar-refractivity contribution >= 4 is 55.3 Å². The largest absolute Gasteiger partial charge is 0.297 e. The molecule has 0 N–H and O–H groups in total. The zero-order valence-corrected chi connectivity index (χ0v) is 31.4. The van der Waals surface area contributed by atoms with Crippen LogP contribution in [0.3, 0.4) is 0 Å². The number of aliphatic imine (C=N–C) groups is 1. The summed E-state index contributed by atoms with van der Waals surface area (Å²) in [5, 5.41) is 4.80. The normalized spacial score (nSPS) is 12.3. The standard InChI is InChI=1S/C53H39N3/c1-3-53(56-51-30-26-43(39-20-12-6-13-21-39)34-47(51)48-35-44(27-31-52(48)56)40-22-14-7-15-23-40)54-36(2)55-49-28-24-41(37-16-8-4-9-17-37)32-45(49)46-33-42(25-29-50(46)55)38-18-10-5-11-19-38/h3-35H,1-2H3/b53-3+,54-36?. The predicted molar refractivity (Wildman–Crippen MR) is 239 cm³/mol. The van der Waals surface area contributed by atoms with Gasteiger partial charge in [-0.25, -0.2) is 4.99 Å². The van der Waals surface area contributed by atoms with E-state index < -0.39 is 0 Å². The van der Waals surface area contributed by atoms with Crippen LogP contribution in [0, 0.1) is 0 Å². The van der Waals surface area contributed by atoms with Gasteiger partial charge < -0.3 is 0 Å². The molecule has 0 amide bonds. The van der Waals surface area contributed by atoms with Crippen molar-refractivity contribution in [2.45, 2.75) is 13.8 Å². The number of hydrogen-bond donors (Lipinski definition) is 0. The fourth-order valence-corrected chi connectivity index (χ4v) is 8.34. The number of fused-ring (bicyclic) bond motifs is 6. The van der Waals surface area contributed by atoms with Gasteiger partial charge in [0, 0.05) is 21.5 Å². The summed E-state index contributed by atoms with van der Waals surface area (Å²) in [6.45, 7) is 4.22. The SMILES string of the molecule is C/C=C(\N=C(C)n1c2ccc(-c3ccccc3)cc2c2cc(-c3ccccc3)ccc21)n1c2ccc(-c3ccccc3)cc2c2cc(-c3ccccc3)ccc21. The molecule has 0 saturated heterocycles. The van der Waals surface area contributed by atoms with Crippen molar-refractivity contribution in [1.29, 1.82) is 0 Å². The number of aromatic nitrogens is 2. The summed E-state index contributed by atoms with van der Waals surface area (Å²) >= 11 is 0. The van der Waals surface area contributed by atoms with E-state index in [0.717, 1.165) is 33.7 Å². The number of nitrogens with zero attached hydrogens (tertiary/aromatic N) is 3. The minimum Gasteiger partial charge on any atom is -0.297 e. The smallest absolute Gasteiger partial charge is 0.135 e. The van der Waals surface area contributed by atoms with Gasteiger partial charge in [-0.3, -0.25) is 9.13 Å². The molecule has 0 saturated carbocycles. The molecule has 10 rings (SSSR count). The lowest BCUT2D eigenvalue weighted by atomic mass is 10.0. The molecule has 266 valence electrons. The number of allylic oxidation sites excluding steroid dienone is 1. The molecule has 0 aliphatic rings. The molecule has 0 bridgehead atoms. The molecule has 0 spiro atoms. The van der Waals surface area contributed by atoms with E-state index in [-0.39, 0.29) is 0 Å². The van der Waals surface area contributed by atoms with Gasteiger partial charge in [-0.15, -0.1) is 0 Å². The second-order valence-electron chi connectivity index (χ2n) is 14.4. The summed E-state index contributed by atoms with van der Waals surface area (Å²) in [7, 11) is 0. The van der Waals surface area contributed by atoms with Crippen molar-refractivity contribution in [2.75, 3.05) is 0 Å². The lowest BCUT2D eigenvalue weighted by Crippen LogP contribution is -2.09. The highest BCUT2D eigenvalue weighted by Crippen LogP contribution is 2.39. The Kier molecular flexibility index (Phi) is 8.26. The Bertz CT molecular complexity index is 2920. The number of rotatable bonds is 6. The van der Waals surface area contributed by atoms with E-state index in [1.54, 1.807) is 0 Å². The first-order chi connectivity index (χ1) is 27.6. The highest BCUT2D eigenvalue weighted by molar-refractivity contribution is 6.17. The van der Waals surface area contributed by atoms with E-state index in [1.807, 2.05) is 0 Å². The maximum absolute atomic E-state index is 5.51. The van der Waals surface area contributed by atoms with Crippen LogP contribution in [0.2, 0.25) is 0 Å². The van der Waals surface area contributed by atoms with Crippen LogP contribution in [0.4, 0.5) is 0 Å². The lowest BCUT2D eigenvalue weighted by Gasteiger charge is -2.13. The van der Waals surface area contributed by atoms with Gasteiger partial charge in [0.1, 0.15) is 11.7 Å². The van der Waals surface area contributed by atoms with Crippen LogP contribution in [0.15, 0.2) is 205 Å². The molecule has 0 atom stereocenters. The third-order valence-corrected chi connectivity index (χ3v) is 11.0. The Labute approximate surface area is 326 Å². The number of benzene rings is 8. The van der Waals surface area contributed by atoms with Gasteiger partial charge in [0.25, 0.3) is 0 Å². The molecule has 0 unspecified atom stereocenters. The van der Waals surface area contributed by atoms with Crippen LogP contribution in [0.5, 0.6) is 0 Å². The average molecular weight is 718 g/mol. The molecule has 3 nitrogen and oxygen atoms in total. The summed E-state index contributed by atoms with van der Waals surface area (Å²) in [4.78, 5) is 5.51. The van der Waals surface area contributed by atoms with E-state index in [0.29, 0.717) is 0 Å². The first-order valence-corrected chi connectivity index (χ1v) is 19.2. The van der Waals surface area contributed by atoms with Crippen LogP contribution in [0.1, 0.15) is 13.8 Å². The van der Waals surface area contributed by atoms with Crippen LogP contribution in [0.25, 0.3) is 93.9 Å². The molecule has 8 aromatic carbocycles. The van der Waals surface area contributed by atoms with E-state index in [9.17, 15) is 0 Å². The van der Waals surface area contributed by atoms with Gasteiger partial charge in [0.2, 0.25) is 0 Å². The third-order valence-electron chi connectivity index (χ3n) is 11.0. The van der Waals surface area contributed by atoms with Crippen molar-refractivity contribution in [2.24, 2.45) is 4.99 Å². The van der Waals surface area contributed by atoms with Crippen molar-refractivity contribution in [3.05, 3.63) is 200 Å². The van der Waals surface area contributed by atoms with Gasteiger partial charge in [-0.2, -0.15) is 0 Å². The highest BCUT2D eigenvalue weighted by atomic mass is 15.2. The van der Waals surface area contributed by atoms with Crippen molar-refractivity contribution < 1.29 is 0 Å². The van der Waals surface area contributed by atoms with Crippen molar-refractivity contribution in [3.8, 4) is 44.5 Å². The maximum Gasteiger partial charge on any atom is 0.135 e. The Hall–Kier alpha value is -7.23. The summed E-state index contributed by atoms with van der Waals surface area (Å²) in [6, 6.07) is 69.8. The van der Waals surface area contributed by atoms with Gasteiger partial charge in [0.15, 0.2) is 0 Å². The zero-order chi connectivity index (χ0) is 37.6. The van der Waals surface area contributed by atoms with Crippen LogP contribution < -0.4 is 0 Å². The minimum atomic E-state index is 0.874. The summed E-state index contributed by atoms with van der Waals surface area (Å²) in [5.74, 6) is 1.77.